The summed E-state index contributed by atoms with van der Waals surface area (Å²) in [6, 6.07) is 15.0. The molecule has 0 atom stereocenters. The van der Waals surface area contributed by atoms with E-state index in [0.717, 1.165) is 22.4 Å². The van der Waals surface area contributed by atoms with Crippen molar-refractivity contribution in [1.29, 1.82) is 0 Å². The second-order valence-corrected chi connectivity index (χ2v) is 8.45. The van der Waals surface area contributed by atoms with E-state index < -0.39 is 0 Å². The molecular formula is C25H30N2O2S. The van der Waals surface area contributed by atoms with Crippen LogP contribution in [0.15, 0.2) is 47.4 Å². The fourth-order valence-electron chi connectivity index (χ4n) is 3.52. The Balaban J connectivity index is 1.60. The van der Waals surface area contributed by atoms with Crippen LogP contribution in [0.1, 0.15) is 55.2 Å². The highest BCUT2D eigenvalue weighted by molar-refractivity contribution is 7.97. The largest absolute Gasteiger partial charge is 0.469 e. The van der Waals surface area contributed by atoms with Crippen molar-refractivity contribution in [2.75, 3.05) is 19.5 Å². The van der Waals surface area contributed by atoms with Crippen LogP contribution in [0.5, 0.6) is 0 Å². The second-order valence-electron chi connectivity index (χ2n) is 7.54. The third kappa shape index (κ3) is 6.83. The van der Waals surface area contributed by atoms with Gasteiger partial charge in [-0.2, -0.15) is 0 Å². The summed E-state index contributed by atoms with van der Waals surface area (Å²) in [5.74, 6) is 6.33. The molecule has 1 fully saturated rings. The lowest BCUT2D eigenvalue weighted by atomic mass is 9.96. The van der Waals surface area contributed by atoms with Crippen LogP contribution in [0.3, 0.4) is 0 Å². The van der Waals surface area contributed by atoms with Crippen LogP contribution in [0.25, 0.3) is 0 Å². The number of rotatable bonds is 7. The van der Waals surface area contributed by atoms with E-state index in [1.54, 1.807) is 11.9 Å². The maximum atomic E-state index is 11.3. The minimum absolute atomic E-state index is 0.186. The van der Waals surface area contributed by atoms with Gasteiger partial charge in [-0.15, -0.1) is 0 Å². The first-order valence-electron chi connectivity index (χ1n) is 10.6. The van der Waals surface area contributed by atoms with Gasteiger partial charge in [0.05, 0.1) is 12.8 Å². The van der Waals surface area contributed by atoms with Gasteiger partial charge >= 0.3 is 5.97 Å². The molecule has 0 heterocycles. The summed E-state index contributed by atoms with van der Waals surface area (Å²) >= 11 is 1.72. The molecule has 1 saturated carbocycles. The topological polar surface area (TPSA) is 50.4 Å². The lowest BCUT2D eigenvalue weighted by Crippen LogP contribution is -2.25. The van der Waals surface area contributed by atoms with E-state index in [9.17, 15) is 4.79 Å². The van der Waals surface area contributed by atoms with Gasteiger partial charge < -0.3 is 10.1 Å². The Morgan fingerprint density at radius 1 is 1.10 bits per heavy atom. The van der Waals surface area contributed by atoms with Crippen molar-refractivity contribution in [3.63, 3.8) is 0 Å². The van der Waals surface area contributed by atoms with E-state index in [-0.39, 0.29) is 5.97 Å². The maximum absolute atomic E-state index is 11.3. The number of benzene rings is 2. The molecule has 0 aliphatic heterocycles. The van der Waals surface area contributed by atoms with E-state index >= 15 is 0 Å². The first kappa shape index (κ1) is 22.3. The molecule has 2 aromatic rings. The lowest BCUT2D eigenvalue weighted by molar-refractivity contribution is -0.140. The summed E-state index contributed by atoms with van der Waals surface area (Å²) in [5.41, 5.74) is 4.08. The molecule has 158 valence electrons. The van der Waals surface area contributed by atoms with Gasteiger partial charge in [0.2, 0.25) is 0 Å². The van der Waals surface area contributed by atoms with Crippen molar-refractivity contribution in [3.05, 3.63) is 59.2 Å². The summed E-state index contributed by atoms with van der Waals surface area (Å²) in [5, 5.41) is 3.26. The third-order valence-electron chi connectivity index (χ3n) is 5.35. The van der Waals surface area contributed by atoms with Crippen LogP contribution in [0.2, 0.25) is 0 Å². The average molecular weight is 423 g/mol. The summed E-state index contributed by atoms with van der Waals surface area (Å²) in [7, 11) is 3.35. The van der Waals surface area contributed by atoms with Crippen molar-refractivity contribution >= 4 is 23.6 Å². The molecule has 3 rings (SSSR count). The van der Waals surface area contributed by atoms with E-state index in [4.69, 9.17) is 0 Å². The first-order chi connectivity index (χ1) is 14.7. The van der Waals surface area contributed by atoms with Gasteiger partial charge in [-0.3, -0.25) is 9.52 Å². The molecule has 5 heteroatoms. The van der Waals surface area contributed by atoms with E-state index in [1.165, 1.54) is 44.1 Å². The summed E-state index contributed by atoms with van der Waals surface area (Å²) in [6.07, 6.45) is 7.66. The van der Waals surface area contributed by atoms with Crippen molar-refractivity contribution in [2.24, 2.45) is 0 Å². The highest BCUT2D eigenvalue weighted by atomic mass is 32.2. The number of hydrogen-bond donors (Lipinski definition) is 2. The molecule has 0 aromatic heterocycles. The smallest absolute Gasteiger partial charge is 0.305 e. The Morgan fingerprint density at radius 2 is 1.87 bits per heavy atom. The van der Waals surface area contributed by atoms with Gasteiger partial charge in [-0.05, 0) is 67.1 Å². The lowest BCUT2D eigenvalue weighted by Gasteiger charge is -2.22. The van der Waals surface area contributed by atoms with Crippen molar-refractivity contribution in [3.8, 4) is 11.8 Å². The number of anilines is 1. The molecule has 0 unspecified atom stereocenters. The van der Waals surface area contributed by atoms with E-state index in [0.29, 0.717) is 18.9 Å². The quantitative estimate of drug-likeness (QED) is 0.367. The summed E-state index contributed by atoms with van der Waals surface area (Å²) in [4.78, 5) is 12.5. The number of nitrogens with one attached hydrogen (secondary N) is 2. The van der Waals surface area contributed by atoms with E-state index in [2.05, 4.69) is 44.8 Å². The Labute approximate surface area is 184 Å². The minimum Gasteiger partial charge on any atom is -0.469 e. The molecule has 0 radical (unpaired) electrons. The zero-order valence-electron chi connectivity index (χ0n) is 17.8. The molecule has 2 N–H and O–H groups in total. The van der Waals surface area contributed by atoms with Crippen LogP contribution < -0.4 is 10.0 Å². The number of hydrogen-bond acceptors (Lipinski definition) is 5. The molecule has 0 spiro atoms. The van der Waals surface area contributed by atoms with Gasteiger partial charge in [-0.1, -0.05) is 43.2 Å². The zero-order valence-corrected chi connectivity index (χ0v) is 18.6. The van der Waals surface area contributed by atoms with Gasteiger partial charge in [0.1, 0.15) is 0 Å². The summed E-state index contributed by atoms with van der Waals surface area (Å²) in [6.45, 7) is 0. The number of esters is 1. The molecule has 1 aliphatic rings. The molecule has 0 saturated heterocycles. The highest BCUT2D eigenvalue weighted by Crippen LogP contribution is 2.26. The predicted molar refractivity (Wildman–Crippen MR) is 125 cm³/mol. The minimum atomic E-state index is -0.186. The number of methoxy groups -OCH3 is 1. The fourth-order valence-corrected chi connectivity index (χ4v) is 4.37. The standard InChI is InChI=1S/C25H30N2O2S/c1-26-24-18-23(30-27-22-6-4-3-5-7-22)16-15-21(24)14-12-19-8-10-20(11-9-19)13-17-25(28)29-2/h8-11,15-16,18,22,26-27H,3-7,13,17H2,1-2H3. The Kier molecular flexibility index (Phi) is 8.67. The van der Waals surface area contributed by atoms with Gasteiger partial charge in [0.15, 0.2) is 0 Å². The van der Waals surface area contributed by atoms with Crippen LogP contribution in [-0.2, 0) is 16.0 Å². The van der Waals surface area contributed by atoms with Gasteiger partial charge in [0, 0.05) is 35.5 Å². The zero-order chi connectivity index (χ0) is 21.2. The van der Waals surface area contributed by atoms with Gasteiger partial charge in [0.25, 0.3) is 0 Å². The predicted octanol–water partition coefficient (Wildman–Crippen LogP) is 5.16. The molecule has 30 heavy (non-hydrogen) atoms. The number of carbonyl (C=O) groups is 1. The normalized spacial score (nSPS) is 13.9. The van der Waals surface area contributed by atoms with Crippen LogP contribution in [-0.4, -0.2) is 26.2 Å². The Morgan fingerprint density at radius 3 is 2.57 bits per heavy atom. The third-order valence-corrected chi connectivity index (χ3v) is 6.29. The van der Waals surface area contributed by atoms with E-state index in [1.807, 2.05) is 31.3 Å². The fraction of sp³-hybridized carbons (Fsp3) is 0.400. The number of aryl methyl sites for hydroxylation is 1. The highest BCUT2D eigenvalue weighted by Gasteiger charge is 2.13. The van der Waals surface area contributed by atoms with Gasteiger partial charge in [-0.25, -0.2) is 0 Å². The summed E-state index contributed by atoms with van der Waals surface area (Å²) < 4.78 is 8.30. The Hall–Kier alpha value is -2.42. The Bertz CT molecular complexity index is 894. The first-order valence-corrected chi connectivity index (χ1v) is 11.4. The molecule has 1 aliphatic carbocycles. The molecule has 2 aromatic carbocycles. The monoisotopic (exact) mass is 422 g/mol. The van der Waals surface area contributed by atoms with Crippen molar-refractivity contribution in [1.82, 2.24) is 4.72 Å². The SMILES string of the molecule is CNc1cc(SNC2CCCCC2)ccc1C#Cc1ccc(CCC(=O)OC)cc1. The van der Waals surface area contributed by atoms with Crippen LogP contribution in [0, 0.1) is 11.8 Å². The maximum Gasteiger partial charge on any atom is 0.305 e. The molecule has 0 bridgehead atoms. The van der Waals surface area contributed by atoms with Crippen LogP contribution in [0.4, 0.5) is 5.69 Å². The average Bonchev–Trinajstić information content (AvgIpc) is 2.81. The molecule has 4 nitrogen and oxygen atoms in total. The molecular weight excluding hydrogens is 392 g/mol. The van der Waals surface area contributed by atoms with Crippen LogP contribution >= 0.6 is 11.9 Å². The second kappa shape index (κ2) is 11.7. The number of ether oxygens (including phenoxy) is 1. The van der Waals surface area contributed by atoms with Crippen molar-refractivity contribution in [2.45, 2.75) is 55.9 Å². The number of carbonyl (C=O) groups excluding carboxylic acids is 1. The van der Waals surface area contributed by atoms with Crippen molar-refractivity contribution < 1.29 is 9.53 Å². The molecule has 0 amide bonds.